The topological polar surface area (TPSA) is 53.1 Å². The number of anilines is 3. The number of rotatable bonds is 7. The van der Waals surface area contributed by atoms with Gasteiger partial charge in [0.1, 0.15) is 17.6 Å². The summed E-state index contributed by atoms with van der Waals surface area (Å²) in [7, 11) is 0. The van der Waals surface area contributed by atoms with Crippen molar-refractivity contribution in [3.63, 3.8) is 0 Å². The van der Waals surface area contributed by atoms with Crippen LogP contribution in [0.1, 0.15) is 39.7 Å². The summed E-state index contributed by atoms with van der Waals surface area (Å²) in [6.45, 7) is 0. The van der Waals surface area contributed by atoms with Crippen molar-refractivity contribution in [3.8, 4) is 11.1 Å². The van der Waals surface area contributed by atoms with Crippen molar-refractivity contribution < 1.29 is 4.42 Å². The molecule has 0 bridgehead atoms. The van der Waals surface area contributed by atoms with E-state index in [1.54, 1.807) is 0 Å². The molecule has 1 aliphatic carbocycles. The number of nitrogens with one attached hydrogen (secondary N) is 1. The van der Waals surface area contributed by atoms with Gasteiger partial charge >= 0.3 is 0 Å². The molecule has 61 heavy (non-hydrogen) atoms. The van der Waals surface area contributed by atoms with E-state index in [4.69, 9.17) is 14.4 Å². The summed E-state index contributed by atoms with van der Waals surface area (Å²) in [6, 6.07) is 64.2. The van der Waals surface area contributed by atoms with E-state index in [9.17, 15) is 0 Å². The number of nitrogens with zero attached hydrogens (tertiary/aromatic N) is 3. The van der Waals surface area contributed by atoms with Crippen LogP contribution >= 0.6 is 11.3 Å². The molecule has 1 unspecified atom stereocenters. The summed E-state index contributed by atoms with van der Waals surface area (Å²) in [5.74, 6) is 1.52. The molecule has 0 saturated heterocycles. The van der Waals surface area contributed by atoms with Crippen LogP contribution in [0, 0.1) is 0 Å². The van der Waals surface area contributed by atoms with E-state index in [0.717, 1.165) is 79.9 Å². The number of aryl methyl sites for hydroxylation is 1. The lowest BCUT2D eigenvalue weighted by Gasteiger charge is -2.26. The average Bonchev–Trinajstić information content (AvgIpc) is 3.92. The molecule has 1 atom stereocenters. The van der Waals surface area contributed by atoms with Gasteiger partial charge in [-0.3, -0.25) is 0 Å². The monoisotopic (exact) mass is 802 g/mol. The maximum atomic E-state index is 6.85. The van der Waals surface area contributed by atoms with Crippen molar-refractivity contribution in [1.29, 1.82) is 0 Å². The number of hydrogen-bond acceptors (Lipinski definition) is 6. The highest BCUT2D eigenvalue weighted by Crippen LogP contribution is 2.46. The van der Waals surface area contributed by atoms with E-state index in [1.807, 2.05) is 23.5 Å². The molecule has 2 aliphatic rings. The average molecular weight is 803 g/mol. The van der Waals surface area contributed by atoms with Crippen molar-refractivity contribution in [2.75, 3.05) is 4.90 Å². The molecule has 0 spiro atoms. The fraction of sp³-hybridized carbons (Fsp3) is 0.0545. The molecule has 10 aromatic rings. The van der Waals surface area contributed by atoms with E-state index in [-0.39, 0.29) is 6.17 Å². The molecule has 0 radical (unpaired) electrons. The summed E-state index contributed by atoms with van der Waals surface area (Å²) in [5.41, 5.74) is 11.6. The third-order valence-corrected chi connectivity index (χ3v) is 13.3. The quantitative estimate of drug-likeness (QED) is 0.175. The Morgan fingerprint density at radius 2 is 1.38 bits per heavy atom. The molecule has 290 valence electrons. The van der Waals surface area contributed by atoms with Crippen LogP contribution in [0.3, 0.4) is 0 Å². The van der Waals surface area contributed by atoms with E-state index >= 15 is 0 Å². The summed E-state index contributed by atoms with van der Waals surface area (Å²) in [4.78, 5) is 14.2. The molecule has 5 nitrogen and oxygen atoms in total. The number of hydrogen-bond donors (Lipinski definition) is 1. The molecule has 0 fully saturated rings. The fourth-order valence-electron chi connectivity index (χ4n) is 9.07. The predicted octanol–water partition coefficient (Wildman–Crippen LogP) is 14.5. The van der Waals surface area contributed by atoms with Gasteiger partial charge in [-0.15, -0.1) is 11.3 Å². The Balaban J connectivity index is 0.978. The third kappa shape index (κ3) is 6.14. The number of furan rings is 1. The van der Waals surface area contributed by atoms with Gasteiger partial charge in [-0.1, -0.05) is 152 Å². The number of amidine groups is 2. The minimum atomic E-state index is -0.296. The molecule has 12 rings (SSSR count). The molecule has 8 aromatic carbocycles. The number of thiophene rings is 1. The molecular formula is C55H38N4OS. The first-order valence-corrected chi connectivity index (χ1v) is 21.6. The Morgan fingerprint density at radius 3 is 2.25 bits per heavy atom. The van der Waals surface area contributed by atoms with Gasteiger partial charge in [-0.2, -0.15) is 0 Å². The molecular weight excluding hydrogens is 765 g/mol. The standard InChI is InChI=1S/C55H38N4OS/c1-3-15-37(16-4-1)53-56-54(58-55(57-53)46-23-13-22-44-43-20-10-12-25-49(43)61-52(44)46)38-28-26-36(27-29-38)42-32-33-47(51-50(42)45-21-9-11-24-48(45)60-51)59(40-18-5-2-6-19-40)41-31-30-35-14-7-8-17-39(35)34-41/h1-9,11-19,21-34,55H,10,20H2,(H,56,57,58). The van der Waals surface area contributed by atoms with Crippen LogP contribution in [-0.4, -0.2) is 11.7 Å². The highest BCUT2D eigenvalue weighted by atomic mass is 32.1. The van der Waals surface area contributed by atoms with Crippen molar-refractivity contribution in [1.82, 2.24) is 5.32 Å². The van der Waals surface area contributed by atoms with Crippen LogP contribution in [0.2, 0.25) is 0 Å². The van der Waals surface area contributed by atoms with Gasteiger partial charge in [-0.05, 0) is 88.2 Å². The summed E-state index contributed by atoms with van der Waals surface area (Å²) < 4.78 is 8.14. The van der Waals surface area contributed by atoms with Crippen LogP contribution in [0.25, 0.3) is 60.0 Å². The van der Waals surface area contributed by atoms with Crippen LogP contribution in [0.4, 0.5) is 17.1 Å². The van der Waals surface area contributed by atoms with Crippen LogP contribution in [0.15, 0.2) is 202 Å². The van der Waals surface area contributed by atoms with Crippen molar-refractivity contribution in [2.24, 2.45) is 9.98 Å². The van der Waals surface area contributed by atoms with Crippen molar-refractivity contribution in [2.45, 2.75) is 19.0 Å². The SMILES string of the molecule is C1=Cc2sc3c(C4N=C(c5ccc(-c6ccc(N(c7ccccc7)c7ccc8ccccc8c7)c7oc8ccccc8c67)cc5)N=C(c5ccccc5)N4)cccc3c2CC1. The zero-order chi connectivity index (χ0) is 40.3. The Kier molecular flexibility index (Phi) is 8.49. The second-order valence-corrected chi connectivity index (χ2v) is 16.7. The Hall–Kier alpha value is -7.54. The normalized spacial score (nSPS) is 14.9. The lowest BCUT2D eigenvalue weighted by molar-refractivity contribution is 0.669. The minimum Gasteiger partial charge on any atom is -0.454 e. The Bertz CT molecular complexity index is 3400. The highest BCUT2D eigenvalue weighted by Gasteiger charge is 2.26. The number of para-hydroxylation sites is 2. The zero-order valence-corrected chi connectivity index (χ0v) is 33.9. The highest BCUT2D eigenvalue weighted by molar-refractivity contribution is 7.20. The van der Waals surface area contributed by atoms with Gasteiger partial charge in [0, 0.05) is 48.4 Å². The lowest BCUT2D eigenvalue weighted by atomic mass is 9.97. The second kappa shape index (κ2) is 14.6. The van der Waals surface area contributed by atoms with Gasteiger partial charge in [-0.25, -0.2) is 9.98 Å². The maximum absolute atomic E-state index is 6.85. The van der Waals surface area contributed by atoms with Crippen molar-refractivity contribution >= 4 is 88.9 Å². The minimum absolute atomic E-state index is 0.296. The van der Waals surface area contributed by atoms with Gasteiger partial charge in [0.25, 0.3) is 0 Å². The summed E-state index contributed by atoms with van der Waals surface area (Å²) in [6.07, 6.45) is 6.43. The zero-order valence-electron chi connectivity index (χ0n) is 33.1. The third-order valence-electron chi connectivity index (χ3n) is 12.0. The van der Waals surface area contributed by atoms with Crippen LogP contribution in [-0.2, 0) is 6.42 Å². The summed E-state index contributed by atoms with van der Waals surface area (Å²) >= 11 is 1.87. The molecule has 1 N–H and O–H groups in total. The molecule has 1 aliphatic heterocycles. The van der Waals surface area contributed by atoms with E-state index in [0.29, 0.717) is 5.84 Å². The second-order valence-electron chi connectivity index (χ2n) is 15.7. The first-order chi connectivity index (χ1) is 30.2. The smallest absolute Gasteiger partial charge is 0.160 e. The number of aliphatic imine (C=N–C) groups is 2. The van der Waals surface area contributed by atoms with Gasteiger partial charge in [0.05, 0.1) is 5.69 Å². The van der Waals surface area contributed by atoms with E-state index in [1.165, 1.54) is 36.9 Å². The maximum Gasteiger partial charge on any atom is 0.160 e. The molecule has 2 aromatic heterocycles. The lowest BCUT2D eigenvalue weighted by Crippen LogP contribution is -2.33. The number of benzene rings is 8. The Morgan fingerprint density at radius 1 is 0.623 bits per heavy atom. The van der Waals surface area contributed by atoms with Crippen LogP contribution < -0.4 is 10.2 Å². The first-order valence-electron chi connectivity index (χ1n) is 20.8. The molecule has 6 heteroatoms. The molecule has 0 amide bonds. The molecule has 0 saturated carbocycles. The first kappa shape index (κ1) is 35.4. The largest absolute Gasteiger partial charge is 0.454 e. The summed E-state index contributed by atoms with van der Waals surface area (Å²) in [5, 5.41) is 9.59. The number of fused-ring (bicyclic) bond motifs is 7. The fourth-order valence-corrected chi connectivity index (χ4v) is 10.4. The number of allylic oxidation sites excluding steroid dienone is 1. The van der Waals surface area contributed by atoms with Gasteiger partial charge < -0.3 is 14.6 Å². The van der Waals surface area contributed by atoms with E-state index in [2.05, 4.69) is 192 Å². The van der Waals surface area contributed by atoms with Gasteiger partial charge in [0.2, 0.25) is 0 Å². The molecule has 3 heterocycles. The van der Waals surface area contributed by atoms with E-state index < -0.39 is 0 Å². The Labute approximate surface area is 357 Å². The van der Waals surface area contributed by atoms with Crippen LogP contribution in [0.5, 0.6) is 0 Å². The van der Waals surface area contributed by atoms with Crippen molar-refractivity contribution in [3.05, 3.63) is 215 Å². The van der Waals surface area contributed by atoms with Gasteiger partial charge in [0.15, 0.2) is 11.4 Å². The predicted molar refractivity (Wildman–Crippen MR) is 256 cm³/mol.